The topological polar surface area (TPSA) is 49.4 Å². The second-order valence-corrected chi connectivity index (χ2v) is 7.19. The zero-order chi connectivity index (χ0) is 14.6. The third-order valence-corrected chi connectivity index (χ3v) is 4.95. The molecular weight excluding hydrogens is 279 g/mol. The number of hydrogen-bond donors (Lipinski definition) is 1. The largest absolute Gasteiger partial charge is 0.303 e. The Labute approximate surface area is 120 Å². The number of benzene rings is 1. The molecule has 0 amide bonds. The molecule has 1 atom stereocenters. The lowest BCUT2D eigenvalue weighted by Gasteiger charge is -2.20. The Bertz CT molecular complexity index is 525. The van der Waals surface area contributed by atoms with Gasteiger partial charge in [0.1, 0.15) is 5.82 Å². The van der Waals surface area contributed by atoms with Gasteiger partial charge in [0.2, 0.25) is 10.0 Å². The maximum Gasteiger partial charge on any atom is 0.240 e. The van der Waals surface area contributed by atoms with Crippen LogP contribution in [0.3, 0.4) is 0 Å². The molecule has 1 fully saturated rings. The van der Waals surface area contributed by atoms with Crippen molar-refractivity contribution in [1.82, 2.24) is 9.62 Å². The van der Waals surface area contributed by atoms with Gasteiger partial charge < -0.3 is 4.90 Å². The van der Waals surface area contributed by atoms with Crippen molar-refractivity contribution in [1.29, 1.82) is 0 Å². The van der Waals surface area contributed by atoms with Crippen LogP contribution in [0.4, 0.5) is 4.39 Å². The molecule has 2 rings (SSSR count). The Balaban J connectivity index is 1.86. The van der Waals surface area contributed by atoms with Crippen LogP contribution in [-0.4, -0.2) is 39.5 Å². The Morgan fingerprint density at radius 2 is 1.85 bits per heavy atom. The fourth-order valence-electron chi connectivity index (χ4n) is 2.42. The summed E-state index contributed by atoms with van der Waals surface area (Å²) in [7, 11) is -3.54. The summed E-state index contributed by atoms with van der Waals surface area (Å²) in [5.74, 6) is -0.185. The zero-order valence-electron chi connectivity index (χ0n) is 11.7. The highest BCUT2D eigenvalue weighted by Gasteiger charge is 2.18. The van der Waals surface area contributed by atoms with E-state index in [1.54, 1.807) is 0 Å². The third-order valence-electron chi connectivity index (χ3n) is 3.51. The summed E-state index contributed by atoms with van der Waals surface area (Å²) in [4.78, 5) is 2.46. The van der Waals surface area contributed by atoms with Crippen molar-refractivity contribution in [2.24, 2.45) is 5.92 Å². The molecule has 1 saturated heterocycles. The smallest absolute Gasteiger partial charge is 0.240 e. The lowest BCUT2D eigenvalue weighted by Crippen LogP contribution is -2.34. The zero-order valence-corrected chi connectivity index (χ0v) is 12.5. The van der Waals surface area contributed by atoms with Crippen molar-refractivity contribution < 1.29 is 12.8 Å². The summed E-state index contributed by atoms with van der Waals surface area (Å²) in [6.07, 6.45) is 2.46. The molecule has 0 bridgehead atoms. The van der Waals surface area contributed by atoms with Crippen molar-refractivity contribution in [2.75, 3.05) is 26.2 Å². The number of nitrogens with zero attached hydrogens (tertiary/aromatic N) is 1. The summed E-state index contributed by atoms with van der Waals surface area (Å²) in [5, 5.41) is 0. The molecule has 0 saturated carbocycles. The minimum atomic E-state index is -3.54. The lowest BCUT2D eigenvalue weighted by atomic mass is 10.2. The molecule has 1 aromatic carbocycles. The van der Waals surface area contributed by atoms with Crippen LogP contribution < -0.4 is 4.72 Å². The molecule has 0 aromatic heterocycles. The van der Waals surface area contributed by atoms with Gasteiger partial charge >= 0.3 is 0 Å². The summed E-state index contributed by atoms with van der Waals surface area (Å²) in [6.45, 7) is 5.55. The molecule has 4 nitrogen and oxygen atoms in total. The third kappa shape index (κ3) is 4.26. The van der Waals surface area contributed by atoms with Crippen molar-refractivity contribution >= 4 is 10.0 Å². The molecule has 0 aliphatic carbocycles. The van der Waals surface area contributed by atoms with Gasteiger partial charge in [-0.3, -0.25) is 0 Å². The van der Waals surface area contributed by atoms with Gasteiger partial charge in [-0.25, -0.2) is 17.5 Å². The SMILES string of the molecule is CC(CNS(=O)(=O)c1ccc(F)cc1)CN1CCCC1. The molecule has 0 radical (unpaired) electrons. The highest BCUT2D eigenvalue weighted by Crippen LogP contribution is 2.12. The molecule has 1 aliphatic rings. The molecule has 20 heavy (non-hydrogen) atoms. The van der Waals surface area contributed by atoms with Gasteiger partial charge in [0, 0.05) is 13.1 Å². The van der Waals surface area contributed by atoms with E-state index in [1.807, 2.05) is 6.92 Å². The highest BCUT2D eigenvalue weighted by molar-refractivity contribution is 7.89. The van der Waals surface area contributed by atoms with Crippen LogP contribution in [0.25, 0.3) is 0 Å². The predicted octanol–water partition coefficient (Wildman–Crippen LogP) is 1.84. The predicted molar refractivity (Wildman–Crippen MR) is 76.4 cm³/mol. The second-order valence-electron chi connectivity index (χ2n) is 5.42. The van der Waals surface area contributed by atoms with Crippen LogP contribution in [0, 0.1) is 11.7 Å². The average Bonchev–Trinajstić information content (AvgIpc) is 2.90. The summed E-state index contributed by atoms with van der Waals surface area (Å²) in [5.41, 5.74) is 0. The van der Waals surface area contributed by atoms with Gasteiger partial charge in [-0.2, -0.15) is 0 Å². The summed E-state index contributed by atoms with van der Waals surface area (Å²) < 4.78 is 39.5. The Kier molecular flexibility index (Phi) is 5.12. The first-order chi connectivity index (χ1) is 9.47. The van der Waals surface area contributed by atoms with Gasteiger partial charge in [0.05, 0.1) is 4.90 Å². The van der Waals surface area contributed by atoms with Crippen LogP contribution in [-0.2, 0) is 10.0 Å². The fraction of sp³-hybridized carbons (Fsp3) is 0.571. The minimum absolute atomic E-state index is 0.104. The van der Waals surface area contributed by atoms with E-state index in [2.05, 4.69) is 9.62 Å². The number of hydrogen-bond acceptors (Lipinski definition) is 3. The van der Waals surface area contributed by atoms with Gasteiger partial charge in [-0.05, 0) is 56.1 Å². The first kappa shape index (κ1) is 15.4. The van der Waals surface area contributed by atoms with E-state index in [0.29, 0.717) is 6.54 Å². The summed E-state index contributed by atoms with van der Waals surface area (Å²) in [6, 6.07) is 4.87. The van der Waals surface area contributed by atoms with Crippen molar-refractivity contribution in [3.05, 3.63) is 30.1 Å². The maximum absolute atomic E-state index is 12.8. The van der Waals surface area contributed by atoms with Crippen LogP contribution in [0.5, 0.6) is 0 Å². The molecule has 1 N–H and O–H groups in total. The van der Waals surface area contributed by atoms with Crippen molar-refractivity contribution in [3.63, 3.8) is 0 Å². The van der Waals surface area contributed by atoms with E-state index in [0.717, 1.165) is 31.8 Å². The van der Waals surface area contributed by atoms with Gasteiger partial charge in [-0.15, -0.1) is 0 Å². The minimum Gasteiger partial charge on any atom is -0.303 e. The monoisotopic (exact) mass is 300 g/mol. The molecule has 1 aromatic rings. The second kappa shape index (κ2) is 6.65. The number of sulfonamides is 1. The first-order valence-electron chi connectivity index (χ1n) is 6.95. The quantitative estimate of drug-likeness (QED) is 0.872. The Morgan fingerprint density at radius 3 is 2.45 bits per heavy atom. The Hall–Kier alpha value is -0.980. The molecule has 0 spiro atoms. The van der Waals surface area contributed by atoms with Crippen molar-refractivity contribution in [2.45, 2.75) is 24.7 Å². The maximum atomic E-state index is 12.8. The van der Waals surface area contributed by atoms with Gasteiger partial charge in [0.15, 0.2) is 0 Å². The van der Waals surface area contributed by atoms with E-state index in [4.69, 9.17) is 0 Å². The van der Waals surface area contributed by atoms with Crippen LogP contribution in [0.1, 0.15) is 19.8 Å². The molecule has 1 aliphatic heterocycles. The standard InChI is InChI=1S/C14H21FN2O2S/c1-12(11-17-8-2-3-9-17)10-16-20(18,19)14-6-4-13(15)5-7-14/h4-7,12,16H,2-3,8-11H2,1H3. The average molecular weight is 300 g/mol. The van der Waals surface area contributed by atoms with Crippen molar-refractivity contribution in [3.8, 4) is 0 Å². The summed E-state index contributed by atoms with van der Waals surface area (Å²) >= 11 is 0. The van der Waals surface area contributed by atoms with E-state index in [-0.39, 0.29) is 10.8 Å². The number of halogens is 1. The number of rotatable bonds is 6. The number of nitrogens with one attached hydrogen (secondary N) is 1. The lowest BCUT2D eigenvalue weighted by molar-refractivity contribution is 0.288. The Morgan fingerprint density at radius 1 is 1.25 bits per heavy atom. The molecule has 1 heterocycles. The molecule has 112 valence electrons. The van der Waals surface area contributed by atoms with E-state index in [9.17, 15) is 12.8 Å². The van der Waals surface area contributed by atoms with E-state index in [1.165, 1.54) is 25.0 Å². The molecular formula is C14H21FN2O2S. The van der Waals surface area contributed by atoms with Gasteiger partial charge in [0.25, 0.3) is 0 Å². The highest BCUT2D eigenvalue weighted by atomic mass is 32.2. The first-order valence-corrected chi connectivity index (χ1v) is 8.43. The van der Waals surface area contributed by atoms with Crippen LogP contribution >= 0.6 is 0 Å². The van der Waals surface area contributed by atoms with Crippen LogP contribution in [0.2, 0.25) is 0 Å². The molecule has 6 heteroatoms. The number of likely N-dealkylation sites (tertiary alicyclic amines) is 1. The molecule has 1 unspecified atom stereocenters. The van der Waals surface area contributed by atoms with E-state index < -0.39 is 15.8 Å². The van der Waals surface area contributed by atoms with Gasteiger partial charge in [-0.1, -0.05) is 6.92 Å². The van der Waals surface area contributed by atoms with Crippen LogP contribution in [0.15, 0.2) is 29.2 Å². The fourth-order valence-corrected chi connectivity index (χ4v) is 3.58. The normalized spacial score (nSPS) is 18.3. The van der Waals surface area contributed by atoms with E-state index >= 15 is 0 Å².